The van der Waals surface area contributed by atoms with Crippen molar-refractivity contribution in [3.05, 3.63) is 179 Å². The van der Waals surface area contributed by atoms with Gasteiger partial charge in [0.2, 0.25) is 0 Å². The first-order valence-electron chi connectivity index (χ1n) is 34.9. The van der Waals surface area contributed by atoms with E-state index in [9.17, 15) is 0 Å². The minimum atomic E-state index is 0.701. The molecule has 0 radical (unpaired) electrons. The lowest BCUT2D eigenvalue weighted by Gasteiger charge is -2.58. The predicted octanol–water partition coefficient (Wildman–Crippen LogP) is 12.5. The van der Waals surface area contributed by atoms with Crippen LogP contribution in [0.2, 0.25) is 0 Å². The number of nitrogens with zero attached hydrogens (tertiary/aromatic N) is 10. The maximum absolute atomic E-state index is 2.75. The molecular formula is C77H114N10. The van der Waals surface area contributed by atoms with Crippen LogP contribution in [0.25, 0.3) is 0 Å². The highest BCUT2D eigenvalue weighted by molar-refractivity contribution is 5.20. The summed E-state index contributed by atoms with van der Waals surface area (Å²) < 4.78 is 0. The average molecular weight is 1180 g/mol. The van der Waals surface area contributed by atoms with Crippen molar-refractivity contribution in [3.8, 4) is 0 Å². The second-order valence-electron chi connectivity index (χ2n) is 29.5. The van der Waals surface area contributed by atoms with Gasteiger partial charge in [-0.1, -0.05) is 152 Å². The predicted molar refractivity (Wildman–Crippen MR) is 364 cm³/mol. The zero-order valence-corrected chi connectivity index (χ0v) is 55.6. The molecule has 5 aromatic carbocycles. The molecule has 472 valence electrons. The molecule has 12 aliphatic heterocycles. The van der Waals surface area contributed by atoms with Crippen LogP contribution in [0.15, 0.2) is 152 Å². The summed E-state index contributed by atoms with van der Waals surface area (Å²) in [5.41, 5.74) is 7.28. The third-order valence-electron chi connectivity index (χ3n) is 21.8. The zero-order valence-electron chi connectivity index (χ0n) is 55.6. The normalized spacial score (nSPS) is 29.2. The summed E-state index contributed by atoms with van der Waals surface area (Å²) in [6.45, 7) is 41.5. The number of piperidine rings is 2. The van der Waals surface area contributed by atoms with Crippen LogP contribution in [-0.2, 0) is 32.7 Å². The quantitative estimate of drug-likeness (QED) is 0.101. The summed E-state index contributed by atoms with van der Waals surface area (Å²) >= 11 is 0. The SMILES string of the molecule is CC(C)N1C2CC1CN(Cc1ccccc1)C2.CC(C)N1C2CCC1CN(Cc1ccccc1)C2.CC(C)N1CC2CC(C1)N2Cc1ccccc1.CC(C)N1CC2CC1CN2Cc1ccccc1.CC(C)N1CC2CCC(C1)N2Cc1ccccc1. The molecule has 0 aliphatic carbocycles. The Morgan fingerprint density at radius 3 is 0.966 bits per heavy atom. The third kappa shape index (κ3) is 16.4. The van der Waals surface area contributed by atoms with E-state index in [0.29, 0.717) is 24.2 Å². The molecule has 0 N–H and O–H groups in total. The Hall–Kier alpha value is -4.30. The third-order valence-corrected chi connectivity index (χ3v) is 21.8. The van der Waals surface area contributed by atoms with Gasteiger partial charge in [0, 0.05) is 189 Å². The fourth-order valence-electron chi connectivity index (χ4n) is 17.5. The molecule has 10 unspecified atom stereocenters. The largest absolute Gasteiger partial charge is 0.298 e. The highest BCUT2D eigenvalue weighted by Crippen LogP contribution is 2.38. The second-order valence-corrected chi connectivity index (χ2v) is 29.5. The van der Waals surface area contributed by atoms with Gasteiger partial charge in [-0.05, 0) is 142 Å². The van der Waals surface area contributed by atoms with Gasteiger partial charge in [-0.25, -0.2) is 0 Å². The van der Waals surface area contributed by atoms with E-state index in [4.69, 9.17) is 0 Å². The van der Waals surface area contributed by atoms with E-state index in [1.165, 1.54) is 138 Å². The Kier molecular flexibility index (Phi) is 22.3. The number of piperazine rings is 5. The van der Waals surface area contributed by atoms with E-state index in [0.717, 1.165) is 99.2 Å². The molecular weight excluding hydrogens is 1060 g/mol. The first kappa shape index (κ1) is 64.2. The van der Waals surface area contributed by atoms with Crippen LogP contribution in [0, 0.1) is 0 Å². The molecule has 12 heterocycles. The van der Waals surface area contributed by atoms with Crippen LogP contribution in [0.1, 0.15) is 142 Å². The van der Waals surface area contributed by atoms with E-state index in [-0.39, 0.29) is 0 Å². The van der Waals surface area contributed by atoms with Crippen molar-refractivity contribution in [2.24, 2.45) is 0 Å². The van der Waals surface area contributed by atoms with Crippen molar-refractivity contribution in [2.75, 3.05) is 65.4 Å². The standard InChI is InChI=1S/2C16H24N2.3C15H22N2/c1-13(2)17-11-15-8-9-16(12-17)18(15)10-14-6-4-3-5-7-14;1-13(2)18-15-8-9-16(18)12-17(11-15)10-14-6-4-3-5-7-14;1-12(2)17-11-14-8-15(17)10-16(14)9-13-6-4-3-5-7-13;1-12(2)16-10-14-8-15(11-16)17(14)9-13-6-4-3-5-7-13;1-12(2)17-14-8-15(17)11-16(10-14)9-13-6-4-3-5-7-13/h2*3-7,13,15-16H,8-12H2,1-2H3;3*3-7,12,14-15H,8-11H2,1-2H3. The number of rotatable bonds is 15. The van der Waals surface area contributed by atoms with Crippen LogP contribution >= 0.6 is 0 Å². The van der Waals surface area contributed by atoms with Gasteiger partial charge in [0.1, 0.15) is 0 Å². The monoisotopic (exact) mass is 1180 g/mol. The molecule has 10 atom stereocenters. The van der Waals surface area contributed by atoms with Crippen molar-refractivity contribution >= 4 is 0 Å². The summed E-state index contributed by atoms with van der Waals surface area (Å²) in [6.07, 6.45) is 9.79. The van der Waals surface area contributed by atoms with Gasteiger partial charge in [0.15, 0.2) is 0 Å². The van der Waals surface area contributed by atoms with Gasteiger partial charge in [-0.2, -0.15) is 0 Å². The van der Waals surface area contributed by atoms with Crippen molar-refractivity contribution in [2.45, 2.75) is 238 Å². The maximum atomic E-state index is 2.75. The fourth-order valence-corrected chi connectivity index (χ4v) is 17.5. The van der Waals surface area contributed by atoms with Crippen molar-refractivity contribution in [3.63, 3.8) is 0 Å². The Morgan fingerprint density at radius 2 is 0.598 bits per heavy atom. The summed E-state index contributed by atoms with van der Waals surface area (Å²) in [4.78, 5) is 26.8. The molecule has 0 amide bonds. The molecule has 12 aliphatic rings. The average Bonchev–Trinajstić information content (AvgIpc) is 2.34. The van der Waals surface area contributed by atoms with Crippen LogP contribution in [0.3, 0.4) is 0 Å². The Bertz CT molecular complexity index is 2680. The van der Waals surface area contributed by atoms with Crippen LogP contribution in [0.5, 0.6) is 0 Å². The Morgan fingerprint density at radius 1 is 0.276 bits per heavy atom. The lowest BCUT2D eigenvalue weighted by Crippen LogP contribution is -2.69. The number of likely N-dealkylation sites (tertiary alicyclic amines) is 4. The van der Waals surface area contributed by atoms with Crippen LogP contribution in [0.4, 0.5) is 0 Å². The van der Waals surface area contributed by atoms with E-state index in [1.807, 2.05) is 0 Å². The molecule has 0 aromatic heterocycles. The molecule has 10 heteroatoms. The minimum Gasteiger partial charge on any atom is -0.298 e. The highest BCUT2D eigenvalue weighted by atomic mass is 15.4. The lowest BCUT2D eigenvalue weighted by molar-refractivity contribution is -0.0901. The van der Waals surface area contributed by atoms with E-state index < -0.39 is 0 Å². The zero-order chi connectivity index (χ0) is 60.6. The highest BCUT2D eigenvalue weighted by Gasteiger charge is 2.47. The maximum Gasteiger partial charge on any atom is 0.0245 e. The molecule has 87 heavy (non-hydrogen) atoms. The van der Waals surface area contributed by atoms with Gasteiger partial charge in [-0.15, -0.1) is 0 Å². The Balaban J connectivity index is 0.000000113. The van der Waals surface area contributed by atoms with Crippen molar-refractivity contribution in [1.29, 1.82) is 0 Å². The van der Waals surface area contributed by atoms with Gasteiger partial charge in [0.05, 0.1) is 0 Å². The van der Waals surface area contributed by atoms with E-state index in [1.54, 1.807) is 0 Å². The van der Waals surface area contributed by atoms with Crippen molar-refractivity contribution in [1.82, 2.24) is 49.0 Å². The fraction of sp³-hybridized carbons (Fsp3) is 0.610. The first-order chi connectivity index (χ1) is 42.2. The van der Waals surface area contributed by atoms with Gasteiger partial charge < -0.3 is 0 Å². The molecule has 17 rings (SSSR count). The minimum absolute atomic E-state index is 0.701. The first-order valence-corrected chi connectivity index (χ1v) is 34.9. The molecule has 12 saturated heterocycles. The van der Waals surface area contributed by atoms with Crippen LogP contribution in [-0.4, -0.2) is 205 Å². The second kappa shape index (κ2) is 30.2. The summed E-state index contributed by atoms with van der Waals surface area (Å²) in [6, 6.07) is 66.0. The smallest absolute Gasteiger partial charge is 0.0245 e. The van der Waals surface area contributed by atoms with Gasteiger partial charge >= 0.3 is 0 Å². The van der Waals surface area contributed by atoms with Gasteiger partial charge in [-0.3, -0.25) is 49.0 Å². The summed E-state index contributed by atoms with van der Waals surface area (Å²) in [5, 5.41) is 0. The molecule has 10 bridgehead atoms. The number of fused-ring (bicyclic) bond motifs is 10. The Labute approximate surface area is 528 Å². The number of hydrogen-bond acceptors (Lipinski definition) is 10. The molecule has 0 saturated carbocycles. The summed E-state index contributed by atoms with van der Waals surface area (Å²) in [7, 11) is 0. The topological polar surface area (TPSA) is 32.4 Å². The molecule has 12 fully saturated rings. The van der Waals surface area contributed by atoms with E-state index in [2.05, 4.69) is 270 Å². The number of benzene rings is 5. The molecule has 5 aromatic rings. The van der Waals surface area contributed by atoms with Gasteiger partial charge in [0.25, 0.3) is 0 Å². The van der Waals surface area contributed by atoms with Crippen molar-refractivity contribution < 1.29 is 0 Å². The number of hydrogen-bond donors (Lipinski definition) is 0. The lowest BCUT2D eigenvalue weighted by atomic mass is 9.85. The van der Waals surface area contributed by atoms with Crippen LogP contribution < -0.4 is 0 Å². The van der Waals surface area contributed by atoms with E-state index >= 15 is 0 Å². The molecule has 0 spiro atoms. The molecule has 10 nitrogen and oxygen atoms in total. The summed E-state index contributed by atoms with van der Waals surface area (Å²) in [5.74, 6) is 0.